The molecule has 0 spiro atoms. The van der Waals surface area contributed by atoms with Gasteiger partial charge in [-0.05, 0) is 36.5 Å². The lowest BCUT2D eigenvalue weighted by atomic mass is 9.80. The number of hydrogen-bond donors (Lipinski definition) is 1. The molecule has 7 nitrogen and oxygen atoms in total. The molecule has 0 saturated heterocycles. The maximum Gasteiger partial charge on any atom is 0.514 e. The fourth-order valence-electron chi connectivity index (χ4n) is 3.71. The van der Waals surface area contributed by atoms with Crippen LogP contribution in [0.1, 0.15) is 44.6 Å². The first-order valence-electron chi connectivity index (χ1n) is 10.4. The van der Waals surface area contributed by atoms with Crippen LogP contribution in [0.3, 0.4) is 0 Å². The van der Waals surface area contributed by atoms with E-state index in [0.717, 1.165) is 25.7 Å². The Morgan fingerprint density at radius 1 is 1.23 bits per heavy atom. The zero-order valence-electron chi connectivity index (χ0n) is 17.7. The molecule has 2 unspecified atom stereocenters. The molecular formula is C23H31NO6. The van der Waals surface area contributed by atoms with Gasteiger partial charge in [0.15, 0.2) is 0 Å². The molecule has 2 atom stereocenters. The highest BCUT2D eigenvalue weighted by atomic mass is 16.7. The molecular weight excluding hydrogens is 386 g/mol. The van der Waals surface area contributed by atoms with Gasteiger partial charge in [0.05, 0.1) is 7.11 Å². The Hall–Kier alpha value is -2.83. The second-order valence-corrected chi connectivity index (χ2v) is 7.57. The third-order valence-corrected chi connectivity index (χ3v) is 5.43. The summed E-state index contributed by atoms with van der Waals surface area (Å²) in [5.74, 6) is -0.192. The first kappa shape index (κ1) is 23.4. The van der Waals surface area contributed by atoms with Gasteiger partial charge in [-0.25, -0.2) is 9.59 Å². The lowest BCUT2D eigenvalue weighted by molar-refractivity contribution is -0.145. The zero-order chi connectivity index (χ0) is 21.9. The maximum absolute atomic E-state index is 12.8. The second-order valence-electron chi connectivity index (χ2n) is 7.57. The van der Waals surface area contributed by atoms with Crippen molar-refractivity contribution in [1.82, 2.24) is 5.32 Å². The van der Waals surface area contributed by atoms with Crippen LogP contribution < -0.4 is 10.1 Å². The lowest BCUT2D eigenvalue weighted by Crippen LogP contribution is -2.46. The molecule has 0 heterocycles. The summed E-state index contributed by atoms with van der Waals surface area (Å²) in [7, 11) is 1.29. The molecule has 0 radical (unpaired) electrons. The lowest BCUT2D eigenvalue weighted by Gasteiger charge is -2.28. The third kappa shape index (κ3) is 7.21. The van der Waals surface area contributed by atoms with E-state index in [0.29, 0.717) is 11.5 Å². The highest BCUT2D eigenvalue weighted by Gasteiger charge is 2.29. The van der Waals surface area contributed by atoms with E-state index in [9.17, 15) is 14.4 Å². The summed E-state index contributed by atoms with van der Waals surface area (Å²) in [5.41, 5.74) is 0.713. The molecule has 1 fully saturated rings. The summed E-state index contributed by atoms with van der Waals surface area (Å²) in [6, 6.07) is 5.90. The number of carbonyl (C=O) groups is 3. The Morgan fingerprint density at radius 3 is 2.63 bits per heavy atom. The number of benzene rings is 1. The van der Waals surface area contributed by atoms with Gasteiger partial charge in [-0.1, -0.05) is 51.0 Å². The number of carbonyl (C=O) groups excluding carboxylic acids is 3. The van der Waals surface area contributed by atoms with Gasteiger partial charge >= 0.3 is 12.1 Å². The summed E-state index contributed by atoms with van der Waals surface area (Å²) in [6.45, 7) is 5.43. The summed E-state index contributed by atoms with van der Waals surface area (Å²) in [5, 5.41) is 2.84. The van der Waals surface area contributed by atoms with Gasteiger partial charge in [0, 0.05) is 12.3 Å². The van der Waals surface area contributed by atoms with E-state index in [1.54, 1.807) is 24.3 Å². The van der Waals surface area contributed by atoms with Crippen molar-refractivity contribution < 1.29 is 28.6 Å². The molecule has 164 valence electrons. The molecule has 0 aliphatic heterocycles. The highest BCUT2D eigenvalue weighted by Crippen LogP contribution is 2.30. The SMILES string of the molecule is C=CCOC(=O)Oc1cccc(CC(NC(=O)C(C)C2CCCCC2)C(=O)OC)c1. The minimum atomic E-state index is -0.842. The molecule has 1 amide bonds. The van der Waals surface area contributed by atoms with Crippen LogP contribution in [0.4, 0.5) is 4.79 Å². The first-order chi connectivity index (χ1) is 14.4. The van der Waals surface area contributed by atoms with Gasteiger partial charge < -0.3 is 19.5 Å². The standard InChI is InChI=1S/C23H31NO6/c1-4-13-29-23(27)30-19-12-8-9-17(14-19)15-20(22(26)28-3)24-21(25)16(2)18-10-6-5-7-11-18/h4,8-9,12,14,16,18,20H,1,5-7,10-11,13,15H2,2-3H3,(H,24,25). The van der Waals surface area contributed by atoms with Crippen molar-refractivity contribution in [2.75, 3.05) is 13.7 Å². The van der Waals surface area contributed by atoms with E-state index in [1.165, 1.54) is 19.6 Å². The van der Waals surface area contributed by atoms with Gasteiger partial charge in [-0.2, -0.15) is 0 Å². The van der Waals surface area contributed by atoms with Crippen LogP contribution in [-0.2, 0) is 25.5 Å². The molecule has 1 aromatic rings. The predicted octanol–water partition coefficient (Wildman–Crippen LogP) is 3.80. The maximum atomic E-state index is 12.8. The summed E-state index contributed by atoms with van der Waals surface area (Å²) in [6.07, 6.45) is 6.40. The van der Waals surface area contributed by atoms with Crippen LogP contribution in [0.25, 0.3) is 0 Å². The largest absolute Gasteiger partial charge is 0.514 e. The molecule has 7 heteroatoms. The molecule has 1 aromatic carbocycles. The van der Waals surface area contributed by atoms with Crippen molar-refractivity contribution in [3.8, 4) is 5.75 Å². The zero-order valence-corrected chi connectivity index (χ0v) is 17.7. The van der Waals surface area contributed by atoms with E-state index in [1.807, 2.05) is 6.92 Å². The van der Waals surface area contributed by atoms with E-state index in [-0.39, 0.29) is 30.6 Å². The third-order valence-electron chi connectivity index (χ3n) is 5.43. The normalized spacial score (nSPS) is 16.1. The number of nitrogens with one attached hydrogen (secondary N) is 1. The van der Waals surface area contributed by atoms with Crippen molar-refractivity contribution in [2.24, 2.45) is 11.8 Å². The molecule has 1 aliphatic carbocycles. The van der Waals surface area contributed by atoms with Crippen molar-refractivity contribution >= 4 is 18.0 Å². The van der Waals surface area contributed by atoms with Crippen molar-refractivity contribution in [1.29, 1.82) is 0 Å². The number of esters is 1. The van der Waals surface area contributed by atoms with Crippen LogP contribution in [0.15, 0.2) is 36.9 Å². The average Bonchev–Trinajstić information content (AvgIpc) is 2.76. The number of rotatable bonds is 9. The highest BCUT2D eigenvalue weighted by molar-refractivity contribution is 5.86. The number of amides is 1. The minimum absolute atomic E-state index is 0.0498. The Balaban J connectivity index is 2.02. The molecule has 1 saturated carbocycles. The van der Waals surface area contributed by atoms with Gasteiger partial charge in [0.2, 0.25) is 5.91 Å². The van der Waals surface area contributed by atoms with E-state index in [2.05, 4.69) is 11.9 Å². The fraction of sp³-hybridized carbons (Fsp3) is 0.522. The summed E-state index contributed by atoms with van der Waals surface area (Å²) < 4.78 is 14.8. The molecule has 30 heavy (non-hydrogen) atoms. The molecule has 0 aromatic heterocycles. The second kappa shape index (κ2) is 12.0. The van der Waals surface area contributed by atoms with Crippen molar-refractivity contribution in [2.45, 2.75) is 51.5 Å². The Labute approximate surface area is 177 Å². The van der Waals surface area contributed by atoms with Gasteiger partial charge in [-0.3, -0.25) is 4.79 Å². The van der Waals surface area contributed by atoms with Crippen LogP contribution in [0.5, 0.6) is 5.75 Å². The predicted molar refractivity (Wildman–Crippen MR) is 112 cm³/mol. The van der Waals surface area contributed by atoms with E-state index < -0.39 is 18.2 Å². The Bertz CT molecular complexity index is 741. The molecule has 1 aliphatic rings. The first-order valence-corrected chi connectivity index (χ1v) is 10.4. The Kier molecular flexibility index (Phi) is 9.38. The topological polar surface area (TPSA) is 90.9 Å². The van der Waals surface area contributed by atoms with Crippen molar-refractivity contribution in [3.05, 3.63) is 42.5 Å². The van der Waals surface area contributed by atoms with Gasteiger partial charge in [-0.15, -0.1) is 0 Å². The Morgan fingerprint density at radius 2 is 1.97 bits per heavy atom. The molecule has 2 rings (SSSR count). The van der Waals surface area contributed by atoms with Crippen LogP contribution in [0, 0.1) is 11.8 Å². The monoisotopic (exact) mass is 417 g/mol. The van der Waals surface area contributed by atoms with Crippen LogP contribution in [-0.4, -0.2) is 37.8 Å². The molecule has 1 N–H and O–H groups in total. The van der Waals surface area contributed by atoms with Gasteiger partial charge in [0.1, 0.15) is 18.4 Å². The van der Waals surface area contributed by atoms with Crippen LogP contribution >= 0.6 is 0 Å². The molecule has 0 bridgehead atoms. The number of methoxy groups -OCH3 is 1. The average molecular weight is 418 g/mol. The number of hydrogen-bond acceptors (Lipinski definition) is 6. The smallest absolute Gasteiger partial charge is 0.467 e. The van der Waals surface area contributed by atoms with Crippen LogP contribution in [0.2, 0.25) is 0 Å². The van der Waals surface area contributed by atoms with Gasteiger partial charge in [0.25, 0.3) is 0 Å². The minimum Gasteiger partial charge on any atom is -0.467 e. The number of ether oxygens (including phenoxy) is 3. The van der Waals surface area contributed by atoms with E-state index in [4.69, 9.17) is 14.2 Å². The quantitative estimate of drug-likeness (QED) is 0.373. The fourth-order valence-corrected chi connectivity index (χ4v) is 3.71. The summed E-state index contributed by atoms with van der Waals surface area (Å²) >= 11 is 0. The summed E-state index contributed by atoms with van der Waals surface area (Å²) in [4.78, 5) is 36.7. The van der Waals surface area contributed by atoms with E-state index >= 15 is 0 Å². The van der Waals surface area contributed by atoms with Crippen molar-refractivity contribution in [3.63, 3.8) is 0 Å².